The molecule has 10 heteroatoms. The van der Waals surface area contributed by atoms with E-state index in [2.05, 4.69) is 10.4 Å². The molecule has 0 saturated carbocycles. The highest BCUT2D eigenvalue weighted by Crippen LogP contribution is 2.40. The normalized spacial score (nSPS) is 11.3. The SMILES string of the molecule is Cc1cc(OCCCCCN=CNN)c(-c2ccccc2Cl)c(S(=O)(=O)O)c1.Cl. The Morgan fingerprint density at radius 1 is 1.24 bits per heavy atom. The fourth-order valence-electron chi connectivity index (χ4n) is 2.75. The van der Waals surface area contributed by atoms with Gasteiger partial charge >= 0.3 is 0 Å². The number of nitrogens with zero attached hydrogens (tertiary/aromatic N) is 1. The second-order valence-corrected chi connectivity index (χ2v) is 8.00. The van der Waals surface area contributed by atoms with Crippen LogP contribution in [-0.4, -0.2) is 32.5 Å². The third-order valence-electron chi connectivity index (χ3n) is 3.99. The standard InChI is InChI=1S/C19H24ClN3O4S.ClH/c1-14-11-17(27-10-6-2-5-9-22-13-23-21)19(18(12-14)28(24,25)26)15-7-3-4-8-16(15)20;/h3-4,7-8,11-13H,2,5-6,9-10,21H2,1H3,(H,22,23)(H,24,25,26);1H. The lowest BCUT2D eigenvalue weighted by atomic mass is 10.0. The molecule has 0 heterocycles. The summed E-state index contributed by atoms with van der Waals surface area (Å²) in [6.45, 7) is 2.79. The smallest absolute Gasteiger partial charge is 0.295 e. The molecule has 0 aromatic heterocycles. The highest BCUT2D eigenvalue weighted by molar-refractivity contribution is 7.86. The lowest BCUT2D eigenvalue weighted by molar-refractivity contribution is 0.306. The number of hydrogen-bond donors (Lipinski definition) is 3. The molecule has 4 N–H and O–H groups in total. The topological polar surface area (TPSA) is 114 Å². The van der Waals surface area contributed by atoms with Crippen LogP contribution >= 0.6 is 24.0 Å². The van der Waals surface area contributed by atoms with Crippen molar-refractivity contribution < 1.29 is 17.7 Å². The van der Waals surface area contributed by atoms with Crippen molar-refractivity contribution in [2.75, 3.05) is 13.2 Å². The minimum Gasteiger partial charge on any atom is -0.493 e. The Morgan fingerprint density at radius 3 is 2.62 bits per heavy atom. The molecule has 7 nitrogen and oxygen atoms in total. The molecule has 0 atom stereocenters. The Balaban J connectivity index is 0.00000420. The van der Waals surface area contributed by atoms with Gasteiger partial charge in [-0.2, -0.15) is 8.42 Å². The fourth-order valence-corrected chi connectivity index (χ4v) is 3.78. The van der Waals surface area contributed by atoms with Gasteiger partial charge < -0.3 is 10.2 Å². The summed E-state index contributed by atoms with van der Waals surface area (Å²) in [5.41, 5.74) is 3.74. The summed E-state index contributed by atoms with van der Waals surface area (Å²) >= 11 is 6.28. The van der Waals surface area contributed by atoms with Gasteiger partial charge in [0.25, 0.3) is 10.1 Å². The van der Waals surface area contributed by atoms with Crippen molar-refractivity contribution in [3.63, 3.8) is 0 Å². The van der Waals surface area contributed by atoms with E-state index in [9.17, 15) is 13.0 Å². The number of rotatable bonds is 10. The van der Waals surface area contributed by atoms with E-state index in [-0.39, 0.29) is 22.9 Å². The number of unbranched alkanes of at least 4 members (excludes halogenated alkanes) is 2. The number of ether oxygens (including phenoxy) is 1. The monoisotopic (exact) mass is 461 g/mol. The summed E-state index contributed by atoms with van der Waals surface area (Å²) in [6.07, 6.45) is 3.97. The Hall–Kier alpha value is -1.84. The van der Waals surface area contributed by atoms with E-state index >= 15 is 0 Å². The summed E-state index contributed by atoms with van der Waals surface area (Å²) in [5.74, 6) is 5.46. The molecule has 0 fully saturated rings. The van der Waals surface area contributed by atoms with Crippen molar-refractivity contribution >= 4 is 40.5 Å². The maximum absolute atomic E-state index is 12.0. The van der Waals surface area contributed by atoms with Crippen LogP contribution < -0.4 is 16.0 Å². The van der Waals surface area contributed by atoms with E-state index in [0.717, 1.165) is 19.3 Å². The molecular formula is C19H25Cl2N3O4S. The van der Waals surface area contributed by atoms with Crippen LogP contribution in [0.3, 0.4) is 0 Å². The lowest BCUT2D eigenvalue weighted by Crippen LogP contribution is -2.19. The summed E-state index contributed by atoms with van der Waals surface area (Å²) < 4.78 is 39.6. The first kappa shape index (κ1) is 25.2. The van der Waals surface area contributed by atoms with E-state index in [4.69, 9.17) is 22.2 Å². The maximum Gasteiger partial charge on any atom is 0.295 e. The highest BCUT2D eigenvalue weighted by Gasteiger charge is 2.23. The largest absolute Gasteiger partial charge is 0.493 e. The Morgan fingerprint density at radius 2 is 1.97 bits per heavy atom. The number of hydrazine groups is 1. The lowest BCUT2D eigenvalue weighted by Gasteiger charge is -2.17. The Kier molecular flexibility index (Phi) is 10.4. The van der Waals surface area contributed by atoms with Gasteiger partial charge in [0, 0.05) is 22.7 Å². The predicted octanol–water partition coefficient (Wildman–Crippen LogP) is 4.02. The molecule has 0 aliphatic rings. The van der Waals surface area contributed by atoms with Gasteiger partial charge in [-0.05, 0) is 49.9 Å². The molecule has 2 aromatic carbocycles. The second-order valence-electron chi connectivity index (χ2n) is 6.20. The zero-order valence-electron chi connectivity index (χ0n) is 16.0. The average Bonchev–Trinajstić information content (AvgIpc) is 2.63. The number of hydrogen-bond acceptors (Lipinski definition) is 5. The van der Waals surface area contributed by atoms with Crippen LogP contribution in [0.15, 0.2) is 46.3 Å². The van der Waals surface area contributed by atoms with Crippen LogP contribution in [0.25, 0.3) is 11.1 Å². The summed E-state index contributed by atoms with van der Waals surface area (Å²) in [5, 5.41) is 0.368. The Labute approximate surface area is 182 Å². The van der Waals surface area contributed by atoms with Crippen LogP contribution in [0, 0.1) is 6.92 Å². The van der Waals surface area contributed by atoms with Crippen LogP contribution in [0.4, 0.5) is 0 Å². The number of aryl methyl sites for hydroxylation is 1. The zero-order valence-corrected chi connectivity index (χ0v) is 18.4. The predicted molar refractivity (Wildman–Crippen MR) is 119 cm³/mol. The molecule has 160 valence electrons. The molecule has 0 aliphatic carbocycles. The van der Waals surface area contributed by atoms with Gasteiger partial charge in [-0.15, -0.1) is 12.4 Å². The van der Waals surface area contributed by atoms with Gasteiger partial charge in [-0.1, -0.05) is 29.8 Å². The van der Waals surface area contributed by atoms with Crippen LogP contribution in [0.1, 0.15) is 24.8 Å². The van der Waals surface area contributed by atoms with E-state index in [1.807, 2.05) is 0 Å². The van der Waals surface area contributed by atoms with Gasteiger partial charge in [0.15, 0.2) is 0 Å². The molecule has 0 bridgehead atoms. The van der Waals surface area contributed by atoms with Crippen LogP contribution in [0.2, 0.25) is 5.02 Å². The number of benzene rings is 2. The summed E-state index contributed by atoms with van der Waals surface area (Å²) in [4.78, 5) is 3.83. The minimum absolute atomic E-state index is 0. The summed E-state index contributed by atoms with van der Waals surface area (Å²) in [6, 6.07) is 9.99. The van der Waals surface area contributed by atoms with E-state index in [0.29, 0.717) is 35.1 Å². The van der Waals surface area contributed by atoms with E-state index in [1.54, 1.807) is 37.3 Å². The van der Waals surface area contributed by atoms with Gasteiger partial charge in [-0.25, -0.2) is 5.84 Å². The molecule has 0 radical (unpaired) electrons. The van der Waals surface area contributed by atoms with Crippen molar-refractivity contribution in [2.24, 2.45) is 10.8 Å². The highest BCUT2D eigenvalue weighted by atomic mass is 35.5. The molecule has 29 heavy (non-hydrogen) atoms. The van der Waals surface area contributed by atoms with Gasteiger partial charge in [-0.3, -0.25) is 9.55 Å². The molecule has 0 unspecified atom stereocenters. The molecule has 0 spiro atoms. The molecule has 0 aliphatic heterocycles. The van der Waals surface area contributed by atoms with Crippen molar-refractivity contribution in [2.45, 2.75) is 31.1 Å². The number of halogens is 2. The summed E-state index contributed by atoms with van der Waals surface area (Å²) in [7, 11) is -4.46. The van der Waals surface area contributed by atoms with Gasteiger partial charge in [0.2, 0.25) is 0 Å². The third kappa shape index (κ3) is 7.49. The van der Waals surface area contributed by atoms with Crippen molar-refractivity contribution in [3.05, 3.63) is 47.0 Å². The van der Waals surface area contributed by atoms with E-state index in [1.165, 1.54) is 12.4 Å². The van der Waals surface area contributed by atoms with Crippen LogP contribution in [0.5, 0.6) is 5.75 Å². The molecular weight excluding hydrogens is 437 g/mol. The number of nitrogens with one attached hydrogen (secondary N) is 1. The number of nitrogens with two attached hydrogens (primary N) is 1. The average molecular weight is 462 g/mol. The van der Waals surface area contributed by atoms with Gasteiger partial charge in [0.05, 0.1) is 12.9 Å². The zero-order chi connectivity index (χ0) is 20.6. The van der Waals surface area contributed by atoms with Crippen LogP contribution in [-0.2, 0) is 10.1 Å². The number of aliphatic imine (C=N–C) groups is 1. The van der Waals surface area contributed by atoms with E-state index < -0.39 is 10.1 Å². The molecule has 2 rings (SSSR count). The van der Waals surface area contributed by atoms with Crippen molar-refractivity contribution in [1.82, 2.24) is 5.43 Å². The Bertz CT molecular complexity index is 937. The van der Waals surface area contributed by atoms with Crippen molar-refractivity contribution in [3.8, 4) is 16.9 Å². The first-order valence-corrected chi connectivity index (χ1v) is 10.6. The maximum atomic E-state index is 12.0. The molecule has 0 amide bonds. The molecule has 0 saturated heterocycles. The quantitative estimate of drug-likeness (QED) is 0.123. The fraction of sp³-hybridized carbons (Fsp3) is 0.316. The first-order valence-electron chi connectivity index (χ1n) is 8.79. The molecule has 2 aromatic rings. The third-order valence-corrected chi connectivity index (χ3v) is 5.19. The van der Waals surface area contributed by atoms with Crippen molar-refractivity contribution in [1.29, 1.82) is 0 Å². The minimum atomic E-state index is -4.46. The second kappa shape index (κ2) is 12.0. The van der Waals surface area contributed by atoms with Gasteiger partial charge in [0.1, 0.15) is 10.6 Å². The first-order chi connectivity index (χ1) is 13.3.